The van der Waals surface area contributed by atoms with Gasteiger partial charge in [0.05, 0.1) is 5.88 Å². The van der Waals surface area contributed by atoms with Crippen molar-refractivity contribution < 1.29 is 4.79 Å². The molecule has 0 atom stereocenters. The summed E-state index contributed by atoms with van der Waals surface area (Å²) in [7, 11) is 0. The van der Waals surface area contributed by atoms with Gasteiger partial charge in [-0.15, -0.1) is 11.8 Å². The van der Waals surface area contributed by atoms with Crippen LogP contribution >= 0.6 is 11.8 Å². The van der Waals surface area contributed by atoms with E-state index in [1.54, 1.807) is 30.4 Å². The number of rotatable bonds is 1. The molecule has 0 saturated carbocycles. The van der Waals surface area contributed by atoms with Crippen LogP contribution in [0.15, 0.2) is 30.7 Å². The normalized spacial score (nSPS) is 15.4. The molecule has 4 nitrogen and oxygen atoms in total. The van der Waals surface area contributed by atoms with Gasteiger partial charge in [-0.25, -0.2) is 4.79 Å². The molecule has 72 valence electrons. The van der Waals surface area contributed by atoms with E-state index in [1.165, 1.54) is 4.90 Å². The lowest BCUT2D eigenvalue weighted by Gasteiger charge is -2.05. The van der Waals surface area contributed by atoms with Crippen LogP contribution in [0.3, 0.4) is 0 Å². The molecule has 1 aliphatic rings. The first-order valence-electron chi connectivity index (χ1n) is 4.08. The Hall–Kier alpha value is -1.49. The maximum atomic E-state index is 10.9. The second kappa shape index (κ2) is 3.71. The van der Waals surface area contributed by atoms with Crippen molar-refractivity contribution in [1.82, 2.24) is 9.88 Å². The monoisotopic (exact) mass is 207 g/mol. The van der Waals surface area contributed by atoms with Crippen molar-refractivity contribution in [3.8, 4) is 0 Å². The van der Waals surface area contributed by atoms with Gasteiger partial charge in [-0.3, -0.25) is 9.88 Å². The van der Waals surface area contributed by atoms with Gasteiger partial charge in [0, 0.05) is 23.5 Å². The Kier molecular flexibility index (Phi) is 2.41. The van der Waals surface area contributed by atoms with Crippen molar-refractivity contribution >= 4 is 22.7 Å². The number of hydrogen-bond acceptors (Lipinski definition) is 3. The number of aromatic nitrogens is 1. The molecule has 1 aliphatic heterocycles. The van der Waals surface area contributed by atoms with Gasteiger partial charge in [-0.1, -0.05) is 0 Å². The summed E-state index contributed by atoms with van der Waals surface area (Å²) in [6, 6.07) is 3.40. The van der Waals surface area contributed by atoms with Gasteiger partial charge in [-0.2, -0.15) is 0 Å². The highest BCUT2D eigenvalue weighted by Crippen LogP contribution is 2.33. The van der Waals surface area contributed by atoms with Crippen LogP contribution in [0, 0.1) is 0 Å². The van der Waals surface area contributed by atoms with Gasteiger partial charge < -0.3 is 5.73 Å². The lowest BCUT2D eigenvalue weighted by Crippen LogP contribution is -2.28. The predicted molar refractivity (Wildman–Crippen MR) is 56.1 cm³/mol. The molecule has 0 bridgehead atoms. The molecule has 2 N–H and O–H groups in total. The number of carbonyl (C=O) groups excluding carboxylic acids is 1. The van der Waals surface area contributed by atoms with Crippen LogP contribution < -0.4 is 5.73 Å². The fraction of sp³-hybridized carbons (Fsp3) is 0.111. The predicted octanol–water partition coefficient (Wildman–Crippen LogP) is 1.47. The van der Waals surface area contributed by atoms with Crippen LogP contribution in [0.25, 0.3) is 4.91 Å². The van der Waals surface area contributed by atoms with E-state index in [2.05, 4.69) is 4.98 Å². The minimum absolute atomic E-state index is 0.415. The van der Waals surface area contributed by atoms with E-state index < -0.39 is 6.03 Å². The van der Waals surface area contributed by atoms with Crippen molar-refractivity contribution in [3.63, 3.8) is 0 Å². The third-order valence-electron chi connectivity index (χ3n) is 1.88. The van der Waals surface area contributed by atoms with Gasteiger partial charge >= 0.3 is 6.03 Å². The largest absolute Gasteiger partial charge is 0.351 e. The molecule has 0 radical (unpaired) electrons. The Morgan fingerprint density at radius 2 is 2.21 bits per heavy atom. The van der Waals surface area contributed by atoms with E-state index in [4.69, 9.17) is 5.73 Å². The van der Waals surface area contributed by atoms with Gasteiger partial charge in [0.15, 0.2) is 0 Å². The molecule has 0 aromatic carbocycles. The molecule has 0 spiro atoms. The SMILES string of the molecule is NC(=O)N1C=C(c2ccncc2)SC1. The molecule has 0 unspecified atom stereocenters. The fourth-order valence-electron chi connectivity index (χ4n) is 1.16. The van der Waals surface area contributed by atoms with E-state index in [1.807, 2.05) is 12.1 Å². The fourth-order valence-corrected chi connectivity index (χ4v) is 2.14. The minimum atomic E-state index is -0.415. The van der Waals surface area contributed by atoms with Crippen molar-refractivity contribution in [2.24, 2.45) is 5.73 Å². The van der Waals surface area contributed by atoms with Crippen LogP contribution in [0.1, 0.15) is 5.56 Å². The lowest BCUT2D eigenvalue weighted by atomic mass is 10.2. The van der Waals surface area contributed by atoms with Crippen LogP contribution in [0.2, 0.25) is 0 Å². The molecule has 2 rings (SSSR count). The summed E-state index contributed by atoms with van der Waals surface area (Å²) in [5.41, 5.74) is 6.22. The van der Waals surface area contributed by atoms with Crippen molar-refractivity contribution in [1.29, 1.82) is 0 Å². The quantitative estimate of drug-likeness (QED) is 0.758. The summed E-state index contributed by atoms with van der Waals surface area (Å²) >= 11 is 1.59. The minimum Gasteiger partial charge on any atom is -0.351 e. The van der Waals surface area contributed by atoms with Crippen LogP contribution in [0.4, 0.5) is 4.79 Å². The van der Waals surface area contributed by atoms with E-state index >= 15 is 0 Å². The molecule has 0 saturated heterocycles. The zero-order valence-electron chi connectivity index (χ0n) is 7.38. The molecular formula is C9H9N3OS. The average Bonchev–Trinajstić information content (AvgIpc) is 2.68. The number of nitrogens with zero attached hydrogens (tertiary/aromatic N) is 2. The highest BCUT2D eigenvalue weighted by atomic mass is 32.2. The number of urea groups is 1. The molecule has 0 fully saturated rings. The average molecular weight is 207 g/mol. The molecule has 2 amide bonds. The van der Waals surface area contributed by atoms with Crippen LogP contribution in [0.5, 0.6) is 0 Å². The van der Waals surface area contributed by atoms with Crippen molar-refractivity contribution in [2.45, 2.75) is 0 Å². The molecular weight excluding hydrogens is 198 g/mol. The first-order chi connectivity index (χ1) is 6.77. The Labute approximate surface area is 85.8 Å². The van der Waals surface area contributed by atoms with Crippen LogP contribution in [-0.2, 0) is 0 Å². The summed E-state index contributed by atoms with van der Waals surface area (Å²) < 4.78 is 0. The first-order valence-corrected chi connectivity index (χ1v) is 5.07. The zero-order valence-corrected chi connectivity index (χ0v) is 8.20. The van der Waals surface area contributed by atoms with Gasteiger partial charge in [0.2, 0.25) is 0 Å². The number of thioether (sulfide) groups is 1. The standard InChI is InChI=1S/C9H9N3OS/c10-9(13)12-5-8(14-6-12)7-1-3-11-4-2-7/h1-5H,6H2,(H2,10,13). The number of primary amides is 1. The number of carbonyl (C=O) groups is 1. The van der Waals surface area contributed by atoms with Gasteiger partial charge in [-0.05, 0) is 17.7 Å². The smallest absolute Gasteiger partial charge is 0.319 e. The Morgan fingerprint density at radius 1 is 1.50 bits per heavy atom. The first kappa shape index (κ1) is 9.08. The topological polar surface area (TPSA) is 59.2 Å². The number of hydrogen-bond donors (Lipinski definition) is 1. The Bertz CT molecular complexity index is 377. The highest BCUT2D eigenvalue weighted by Gasteiger charge is 2.17. The zero-order chi connectivity index (χ0) is 9.97. The second-order valence-electron chi connectivity index (χ2n) is 2.81. The molecule has 2 heterocycles. The van der Waals surface area contributed by atoms with E-state index in [0.717, 1.165) is 10.5 Å². The number of pyridine rings is 1. The van der Waals surface area contributed by atoms with Gasteiger partial charge in [0.25, 0.3) is 0 Å². The molecule has 1 aromatic rings. The highest BCUT2D eigenvalue weighted by molar-refractivity contribution is 8.08. The number of nitrogens with two attached hydrogens (primary N) is 1. The van der Waals surface area contributed by atoms with E-state index in [9.17, 15) is 4.79 Å². The number of amides is 2. The summed E-state index contributed by atoms with van der Waals surface area (Å²) in [4.78, 5) is 17.3. The molecule has 14 heavy (non-hydrogen) atoms. The Morgan fingerprint density at radius 3 is 2.79 bits per heavy atom. The molecule has 5 heteroatoms. The summed E-state index contributed by atoms with van der Waals surface area (Å²) in [6.45, 7) is 0. The molecule has 0 aliphatic carbocycles. The van der Waals surface area contributed by atoms with Crippen molar-refractivity contribution in [2.75, 3.05) is 5.88 Å². The third-order valence-corrected chi connectivity index (χ3v) is 2.94. The maximum Gasteiger partial charge on any atom is 0.319 e. The lowest BCUT2D eigenvalue weighted by molar-refractivity contribution is 0.231. The van der Waals surface area contributed by atoms with E-state index in [0.29, 0.717) is 5.88 Å². The summed E-state index contributed by atoms with van der Waals surface area (Å²) in [5, 5.41) is 0. The van der Waals surface area contributed by atoms with Crippen LogP contribution in [-0.4, -0.2) is 21.8 Å². The summed E-state index contributed by atoms with van der Waals surface area (Å²) in [6.07, 6.45) is 5.22. The maximum absolute atomic E-state index is 10.9. The second-order valence-corrected chi connectivity index (χ2v) is 3.80. The molecule has 1 aromatic heterocycles. The summed E-state index contributed by atoms with van der Waals surface area (Å²) in [5.74, 6) is 0.590. The van der Waals surface area contributed by atoms with E-state index in [-0.39, 0.29) is 0 Å². The third kappa shape index (κ3) is 1.72. The van der Waals surface area contributed by atoms with Crippen molar-refractivity contribution in [3.05, 3.63) is 36.3 Å². The Balaban J connectivity index is 2.22. The van der Waals surface area contributed by atoms with Gasteiger partial charge in [0.1, 0.15) is 0 Å².